The fraction of sp³-hybridized carbons (Fsp3) is 0.938. The van der Waals surface area contributed by atoms with Gasteiger partial charge in [0, 0.05) is 25.7 Å². The van der Waals surface area contributed by atoms with Crippen LogP contribution in [0.25, 0.3) is 0 Å². The minimum atomic E-state index is -0.105. The summed E-state index contributed by atoms with van der Waals surface area (Å²) in [4.78, 5) is 14.3. The Morgan fingerprint density at radius 2 is 1.86 bits per heavy atom. The first kappa shape index (κ1) is 16.6. The summed E-state index contributed by atoms with van der Waals surface area (Å²) < 4.78 is 0. The zero-order valence-corrected chi connectivity index (χ0v) is 13.3. The summed E-state index contributed by atoms with van der Waals surface area (Å²) >= 11 is 0. The van der Waals surface area contributed by atoms with Crippen LogP contribution >= 0.6 is 0 Å². The molecule has 2 fully saturated rings. The number of rotatable bonds is 5. The topological polar surface area (TPSA) is 64.6 Å². The van der Waals surface area contributed by atoms with E-state index in [0.717, 1.165) is 64.6 Å². The molecule has 1 saturated carbocycles. The number of amides is 2. The number of hydrogen-bond donors (Lipinski definition) is 3. The Hall–Kier alpha value is -0.810. The number of likely N-dealkylation sites (N-methyl/N-ethyl adjacent to an activating group) is 1. The van der Waals surface area contributed by atoms with Crippen LogP contribution in [0, 0.1) is 5.92 Å². The molecule has 0 aromatic rings. The first-order valence-corrected chi connectivity index (χ1v) is 8.57. The van der Waals surface area contributed by atoms with E-state index in [-0.39, 0.29) is 18.2 Å². The molecule has 0 bridgehead atoms. The second kappa shape index (κ2) is 8.59. The monoisotopic (exact) mass is 297 g/mol. The molecule has 0 aromatic heterocycles. The molecule has 0 aromatic carbocycles. The van der Waals surface area contributed by atoms with Gasteiger partial charge in [0.1, 0.15) is 0 Å². The summed E-state index contributed by atoms with van der Waals surface area (Å²) in [7, 11) is 1.94. The molecule has 0 radical (unpaired) electrons. The SMILES string of the molecule is CNCC(CC1CCC(O)CC1)NC(=O)N1CCCCC1. The van der Waals surface area contributed by atoms with Crippen molar-refractivity contribution in [2.45, 2.75) is 63.5 Å². The summed E-state index contributed by atoms with van der Waals surface area (Å²) in [6.45, 7) is 2.61. The van der Waals surface area contributed by atoms with E-state index in [4.69, 9.17) is 0 Å². The molecule has 1 aliphatic heterocycles. The predicted molar refractivity (Wildman–Crippen MR) is 84.3 cm³/mol. The summed E-state index contributed by atoms with van der Waals surface area (Å²) in [6.07, 6.45) is 8.42. The lowest BCUT2D eigenvalue weighted by atomic mass is 9.83. The highest BCUT2D eigenvalue weighted by Gasteiger charge is 2.25. The van der Waals surface area contributed by atoms with E-state index in [1.807, 2.05) is 11.9 Å². The van der Waals surface area contributed by atoms with Gasteiger partial charge >= 0.3 is 6.03 Å². The third kappa shape index (κ3) is 5.47. The first-order valence-electron chi connectivity index (χ1n) is 8.57. The zero-order chi connectivity index (χ0) is 15.1. The quantitative estimate of drug-likeness (QED) is 0.724. The summed E-state index contributed by atoms with van der Waals surface area (Å²) in [5, 5.41) is 16.0. The second-order valence-electron chi connectivity index (χ2n) is 6.66. The fourth-order valence-electron chi connectivity index (χ4n) is 3.59. The Balaban J connectivity index is 1.78. The van der Waals surface area contributed by atoms with Crippen LogP contribution in [0.15, 0.2) is 0 Å². The average molecular weight is 297 g/mol. The number of nitrogens with one attached hydrogen (secondary N) is 2. The van der Waals surface area contributed by atoms with Crippen LogP contribution in [0.1, 0.15) is 51.4 Å². The molecule has 5 heteroatoms. The van der Waals surface area contributed by atoms with Gasteiger partial charge in [0.2, 0.25) is 0 Å². The number of urea groups is 1. The lowest BCUT2D eigenvalue weighted by Gasteiger charge is -2.32. The van der Waals surface area contributed by atoms with Gasteiger partial charge in [-0.1, -0.05) is 0 Å². The number of likely N-dealkylation sites (tertiary alicyclic amines) is 1. The largest absolute Gasteiger partial charge is 0.393 e. The number of aliphatic hydroxyl groups excluding tert-OH is 1. The number of nitrogens with zero attached hydrogens (tertiary/aromatic N) is 1. The molecule has 1 atom stereocenters. The van der Waals surface area contributed by atoms with E-state index < -0.39 is 0 Å². The van der Waals surface area contributed by atoms with Gasteiger partial charge in [-0.2, -0.15) is 0 Å². The van der Waals surface area contributed by atoms with Crippen molar-refractivity contribution in [2.75, 3.05) is 26.7 Å². The van der Waals surface area contributed by atoms with E-state index in [1.165, 1.54) is 6.42 Å². The van der Waals surface area contributed by atoms with E-state index in [1.54, 1.807) is 0 Å². The molecule has 1 saturated heterocycles. The maximum absolute atomic E-state index is 12.3. The lowest BCUT2D eigenvalue weighted by molar-refractivity contribution is 0.103. The van der Waals surface area contributed by atoms with Gasteiger partial charge in [-0.05, 0) is 64.3 Å². The third-order valence-electron chi connectivity index (χ3n) is 4.86. The molecule has 21 heavy (non-hydrogen) atoms. The van der Waals surface area contributed by atoms with Crippen molar-refractivity contribution >= 4 is 6.03 Å². The van der Waals surface area contributed by atoms with Crippen molar-refractivity contribution in [3.8, 4) is 0 Å². The highest BCUT2D eigenvalue weighted by Crippen LogP contribution is 2.27. The normalized spacial score (nSPS) is 28.2. The standard InChI is InChI=1S/C16H31N3O2/c1-17-12-14(11-13-5-7-15(20)8-6-13)18-16(21)19-9-3-2-4-10-19/h13-15,17,20H,2-12H2,1H3,(H,18,21). The maximum Gasteiger partial charge on any atom is 0.317 e. The van der Waals surface area contributed by atoms with Gasteiger partial charge in [0.25, 0.3) is 0 Å². The fourth-order valence-corrected chi connectivity index (χ4v) is 3.59. The first-order chi connectivity index (χ1) is 10.2. The van der Waals surface area contributed by atoms with Gasteiger partial charge in [-0.25, -0.2) is 4.79 Å². The number of carbonyl (C=O) groups is 1. The van der Waals surface area contributed by atoms with E-state index >= 15 is 0 Å². The molecule has 2 rings (SSSR count). The molecular formula is C16H31N3O2. The third-order valence-corrected chi connectivity index (χ3v) is 4.86. The van der Waals surface area contributed by atoms with Crippen molar-refractivity contribution < 1.29 is 9.90 Å². The van der Waals surface area contributed by atoms with Crippen LogP contribution in [0.5, 0.6) is 0 Å². The van der Waals surface area contributed by atoms with Crippen molar-refractivity contribution in [1.29, 1.82) is 0 Å². The van der Waals surface area contributed by atoms with Crippen LogP contribution in [0.4, 0.5) is 4.79 Å². The minimum absolute atomic E-state index is 0.103. The van der Waals surface area contributed by atoms with Crippen molar-refractivity contribution in [2.24, 2.45) is 5.92 Å². The predicted octanol–water partition coefficient (Wildman–Crippen LogP) is 1.71. The van der Waals surface area contributed by atoms with Gasteiger partial charge in [-0.15, -0.1) is 0 Å². The van der Waals surface area contributed by atoms with E-state index in [9.17, 15) is 9.90 Å². The molecule has 2 aliphatic rings. The van der Waals surface area contributed by atoms with E-state index in [0.29, 0.717) is 5.92 Å². The molecule has 0 spiro atoms. The minimum Gasteiger partial charge on any atom is -0.393 e. The number of hydrogen-bond acceptors (Lipinski definition) is 3. The van der Waals surface area contributed by atoms with Gasteiger partial charge in [-0.3, -0.25) is 0 Å². The number of aliphatic hydroxyl groups is 1. The van der Waals surface area contributed by atoms with Gasteiger partial charge in [0.05, 0.1) is 6.10 Å². The maximum atomic E-state index is 12.3. The summed E-state index contributed by atoms with van der Waals surface area (Å²) in [5.74, 6) is 0.633. The number of carbonyl (C=O) groups excluding carboxylic acids is 1. The van der Waals surface area contributed by atoms with Gasteiger partial charge in [0.15, 0.2) is 0 Å². The average Bonchev–Trinajstić information content (AvgIpc) is 2.50. The Bertz CT molecular complexity index is 311. The van der Waals surface area contributed by atoms with Crippen molar-refractivity contribution in [3.63, 3.8) is 0 Å². The van der Waals surface area contributed by atoms with Crippen LogP contribution in [0.3, 0.4) is 0 Å². The van der Waals surface area contributed by atoms with Crippen molar-refractivity contribution in [1.82, 2.24) is 15.5 Å². The molecule has 3 N–H and O–H groups in total. The summed E-state index contributed by atoms with van der Waals surface area (Å²) in [6, 6.07) is 0.301. The molecule has 122 valence electrons. The highest BCUT2D eigenvalue weighted by atomic mass is 16.3. The molecule has 1 aliphatic carbocycles. The van der Waals surface area contributed by atoms with Crippen molar-refractivity contribution in [3.05, 3.63) is 0 Å². The Morgan fingerprint density at radius 1 is 1.19 bits per heavy atom. The van der Waals surface area contributed by atoms with Crippen LogP contribution in [-0.4, -0.2) is 54.9 Å². The lowest BCUT2D eigenvalue weighted by Crippen LogP contribution is -2.50. The second-order valence-corrected chi connectivity index (χ2v) is 6.66. The Kier molecular flexibility index (Phi) is 6.77. The van der Waals surface area contributed by atoms with Crippen LogP contribution in [0.2, 0.25) is 0 Å². The van der Waals surface area contributed by atoms with Gasteiger partial charge < -0.3 is 20.6 Å². The number of piperidine rings is 1. The summed E-state index contributed by atoms with van der Waals surface area (Å²) in [5.41, 5.74) is 0. The molecule has 1 heterocycles. The van der Waals surface area contributed by atoms with Crippen LogP contribution < -0.4 is 10.6 Å². The highest BCUT2D eigenvalue weighted by molar-refractivity contribution is 5.74. The van der Waals surface area contributed by atoms with E-state index in [2.05, 4.69) is 10.6 Å². The molecule has 1 unspecified atom stereocenters. The smallest absolute Gasteiger partial charge is 0.317 e. The molecule has 2 amide bonds. The molecular weight excluding hydrogens is 266 g/mol. The molecule has 5 nitrogen and oxygen atoms in total. The zero-order valence-electron chi connectivity index (χ0n) is 13.3. The Morgan fingerprint density at radius 3 is 2.48 bits per heavy atom. The van der Waals surface area contributed by atoms with Crippen LogP contribution in [-0.2, 0) is 0 Å². The Labute approximate surface area is 128 Å².